The molecule has 14 heavy (non-hydrogen) atoms. The maximum Gasteiger partial charge on any atom is 0.0588 e. The van der Waals surface area contributed by atoms with Crippen molar-refractivity contribution in [1.29, 1.82) is 0 Å². The Morgan fingerprint density at radius 1 is 1.21 bits per heavy atom. The summed E-state index contributed by atoms with van der Waals surface area (Å²) in [6.07, 6.45) is 4.41. The number of aliphatic hydroxyl groups excluding tert-OH is 1. The second-order valence-electron chi connectivity index (χ2n) is 4.99. The molecular weight excluding hydrogens is 176 g/mol. The molecule has 0 aromatic carbocycles. The van der Waals surface area contributed by atoms with Gasteiger partial charge in [-0.25, -0.2) is 0 Å². The molecule has 1 saturated heterocycles. The second-order valence-corrected chi connectivity index (χ2v) is 4.99. The second kappa shape index (κ2) is 7.24. The van der Waals surface area contributed by atoms with Gasteiger partial charge in [-0.1, -0.05) is 34.1 Å². The minimum atomic E-state index is -0.137. The van der Waals surface area contributed by atoms with Gasteiger partial charge in [-0.05, 0) is 24.7 Å². The molecule has 1 fully saturated rings. The van der Waals surface area contributed by atoms with Crippen molar-refractivity contribution in [3.05, 3.63) is 0 Å². The van der Waals surface area contributed by atoms with Crippen molar-refractivity contribution in [1.82, 2.24) is 0 Å². The van der Waals surface area contributed by atoms with Gasteiger partial charge in [0.05, 0.1) is 6.10 Å². The highest BCUT2D eigenvalue weighted by Crippen LogP contribution is 2.21. The average molecular weight is 202 g/mol. The Bertz CT molecular complexity index is 115. The van der Waals surface area contributed by atoms with Crippen molar-refractivity contribution < 1.29 is 9.84 Å². The van der Waals surface area contributed by atoms with Gasteiger partial charge in [-0.2, -0.15) is 0 Å². The molecule has 0 aromatic rings. The molecule has 2 nitrogen and oxygen atoms in total. The van der Waals surface area contributed by atoms with Crippen LogP contribution in [0.3, 0.4) is 0 Å². The third-order valence-electron chi connectivity index (χ3n) is 2.39. The molecule has 0 amide bonds. The number of aliphatic hydroxyl groups is 1. The van der Waals surface area contributed by atoms with Crippen molar-refractivity contribution in [3.63, 3.8) is 0 Å². The summed E-state index contributed by atoms with van der Waals surface area (Å²) >= 11 is 0. The van der Waals surface area contributed by atoms with Gasteiger partial charge in [-0.3, -0.25) is 0 Å². The van der Waals surface area contributed by atoms with Crippen LogP contribution in [0.15, 0.2) is 0 Å². The summed E-state index contributed by atoms with van der Waals surface area (Å²) in [6, 6.07) is 0. The largest absolute Gasteiger partial charge is 0.393 e. The van der Waals surface area contributed by atoms with Gasteiger partial charge in [0, 0.05) is 13.2 Å². The lowest BCUT2D eigenvalue weighted by molar-refractivity contribution is 0.0551. The fraction of sp³-hybridized carbons (Fsp3) is 1.00. The summed E-state index contributed by atoms with van der Waals surface area (Å²) < 4.78 is 4.94. The van der Waals surface area contributed by atoms with Gasteiger partial charge in [0.25, 0.3) is 0 Å². The van der Waals surface area contributed by atoms with E-state index in [0.717, 1.165) is 26.1 Å². The van der Waals surface area contributed by atoms with Crippen molar-refractivity contribution in [2.24, 2.45) is 5.41 Å². The molecule has 1 aliphatic heterocycles. The topological polar surface area (TPSA) is 29.5 Å². The first-order valence-electron chi connectivity index (χ1n) is 5.74. The Labute approximate surface area is 88.7 Å². The van der Waals surface area contributed by atoms with Crippen molar-refractivity contribution in [2.45, 2.75) is 59.5 Å². The van der Waals surface area contributed by atoms with Crippen LogP contribution in [0.4, 0.5) is 0 Å². The molecule has 2 heteroatoms. The third kappa shape index (κ3) is 7.34. The van der Waals surface area contributed by atoms with E-state index in [0.29, 0.717) is 0 Å². The van der Waals surface area contributed by atoms with Crippen LogP contribution >= 0.6 is 0 Å². The molecule has 1 atom stereocenters. The number of ether oxygens (including phenoxy) is 1. The first-order chi connectivity index (χ1) is 6.48. The number of hydrogen-bond donors (Lipinski definition) is 1. The molecule has 1 unspecified atom stereocenters. The van der Waals surface area contributed by atoms with E-state index >= 15 is 0 Å². The zero-order chi connectivity index (χ0) is 11.0. The van der Waals surface area contributed by atoms with E-state index in [1.54, 1.807) is 0 Å². The van der Waals surface area contributed by atoms with Crippen molar-refractivity contribution >= 4 is 0 Å². The number of hydrogen-bond acceptors (Lipinski definition) is 2. The fourth-order valence-corrected chi connectivity index (χ4v) is 1.22. The zero-order valence-corrected chi connectivity index (χ0v) is 10.2. The Kier molecular flexibility index (Phi) is 7.20. The van der Waals surface area contributed by atoms with Gasteiger partial charge < -0.3 is 9.84 Å². The van der Waals surface area contributed by atoms with E-state index in [1.165, 1.54) is 12.8 Å². The fourth-order valence-electron chi connectivity index (χ4n) is 1.22. The zero-order valence-electron chi connectivity index (χ0n) is 10.2. The van der Waals surface area contributed by atoms with Crippen LogP contribution in [0.25, 0.3) is 0 Å². The van der Waals surface area contributed by atoms with E-state index in [1.807, 2.05) is 0 Å². The predicted molar refractivity (Wildman–Crippen MR) is 60.4 cm³/mol. The molecular formula is C12H26O2. The van der Waals surface area contributed by atoms with E-state index < -0.39 is 0 Å². The first kappa shape index (κ1) is 13.9. The lowest BCUT2D eigenvalue weighted by Crippen LogP contribution is -2.25. The van der Waals surface area contributed by atoms with Crippen LogP contribution in [-0.2, 0) is 4.74 Å². The summed E-state index contributed by atoms with van der Waals surface area (Å²) in [7, 11) is 0. The minimum Gasteiger partial charge on any atom is -0.393 e. The third-order valence-corrected chi connectivity index (χ3v) is 2.39. The van der Waals surface area contributed by atoms with Gasteiger partial charge in [0.1, 0.15) is 0 Å². The minimum absolute atomic E-state index is 0.0655. The summed E-state index contributed by atoms with van der Waals surface area (Å²) in [6.45, 7) is 10.3. The normalized spacial score (nSPS) is 18.6. The van der Waals surface area contributed by atoms with Crippen molar-refractivity contribution in [3.8, 4) is 0 Å². The van der Waals surface area contributed by atoms with Crippen LogP contribution in [-0.4, -0.2) is 24.4 Å². The first-order valence-corrected chi connectivity index (χ1v) is 5.74. The quantitative estimate of drug-likeness (QED) is 0.746. The molecule has 0 aromatic heterocycles. The van der Waals surface area contributed by atoms with E-state index in [-0.39, 0.29) is 11.5 Å². The molecule has 1 rings (SSSR count). The molecule has 0 radical (unpaired) electrons. The van der Waals surface area contributed by atoms with E-state index in [2.05, 4.69) is 27.7 Å². The maximum atomic E-state index is 9.39. The molecule has 1 heterocycles. The molecule has 0 spiro atoms. The van der Waals surface area contributed by atoms with Crippen LogP contribution in [0.1, 0.15) is 53.4 Å². The molecule has 0 aliphatic carbocycles. The molecule has 0 bridgehead atoms. The maximum absolute atomic E-state index is 9.39. The van der Waals surface area contributed by atoms with Crippen LogP contribution < -0.4 is 0 Å². The smallest absolute Gasteiger partial charge is 0.0588 e. The summed E-state index contributed by atoms with van der Waals surface area (Å²) in [5.41, 5.74) is 0.0655. The highest BCUT2D eigenvalue weighted by Gasteiger charge is 2.20. The average Bonchev–Trinajstić information content (AvgIpc) is 2.59. The summed E-state index contributed by atoms with van der Waals surface area (Å²) in [5, 5.41) is 9.39. The highest BCUT2D eigenvalue weighted by molar-refractivity contribution is 4.71. The van der Waals surface area contributed by atoms with E-state index in [9.17, 15) is 5.11 Å². The Hall–Kier alpha value is -0.0800. The molecule has 86 valence electrons. The molecule has 0 saturated carbocycles. The molecule has 1 N–H and O–H groups in total. The SMILES string of the molecule is C1CCOC1.CCCC(O)C(C)(C)C. The lowest BCUT2D eigenvalue weighted by Gasteiger charge is -2.25. The summed E-state index contributed by atoms with van der Waals surface area (Å²) in [5.74, 6) is 0. The molecule has 1 aliphatic rings. The van der Waals surface area contributed by atoms with Crippen LogP contribution in [0, 0.1) is 5.41 Å². The standard InChI is InChI=1S/C8H18O.C4H8O/c1-5-6-7(9)8(2,3)4;1-2-4-5-3-1/h7,9H,5-6H2,1-4H3;1-4H2. The van der Waals surface area contributed by atoms with E-state index in [4.69, 9.17) is 4.74 Å². The van der Waals surface area contributed by atoms with Gasteiger partial charge in [0.2, 0.25) is 0 Å². The van der Waals surface area contributed by atoms with Crippen LogP contribution in [0.5, 0.6) is 0 Å². The number of rotatable bonds is 2. The van der Waals surface area contributed by atoms with Crippen molar-refractivity contribution in [2.75, 3.05) is 13.2 Å². The Morgan fingerprint density at radius 3 is 1.86 bits per heavy atom. The highest BCUT2D eigenvalue weighted by atomic mass is 16.5. The van der Waals surface area contributed by atoms with Gasteiger partial charge in [-0.15, -0.1) is 0 Å². The summed E-state index contributed by atoms with van der Waals surface area (Å²) in [4.78, 5) is 0. The predicted octanol–water partition coefficient (Wildman–Crippen LogP) is 2.99. The van der Waals surface area contributed by atoms with Gasteiger partial charge >= 0.3 is 0 Å². The lowest BCUT2D eigenvalue weighted by atomic mass is 9.87. The van der Waals surface area contributed by atoms with Gasteiger partial charge in [0.15, 0.2) is 0 Å². The van der Waals surface area contributed by atoms with Crippen LogP contribution in [0.2, 0.25) is 0 Å². The Morgan fingerprint density at radius 2 is 1.71 bits per heavy atom. The monoisotopic (exact) mass is 202 g/mol. The Balaban J connectivity index is 0.000000280.